The molecule has 4 N–H and O–H groups in total. The van der Waals surface area contributed by atoms with Crippen molar-refractivity contribution < 1.29 is 20.4 Å². The molecule has 0 aromatic heterocycles. The van der Waals surface area contributed by atoms with E-state index in [4.69, 9.17) is 0 Å². The molecular formula is C18H12N2O4. The van der Waals surface area contributed by atoms with Crippen molar-refractivity contribution in [3.63, 3.8) is 0 Å². The van der Waals surface area contributed by atoms with Crippen LogP contribution in [0.15, 0.2) is 47.5 Å². The molecular weight excluding hydrogens is 308 g/mol. The van der Waals surface area contributed by atoms with Gasteiger partial charge in [-0.2, -0.15) is 10.5 Å². The minimum Gasteiger partial charge on any atom is -0.504 e. The van der Waals surface area contributed by atoms with Gasteiger partial charge in [-0.25, -0.2) is 0 Å². The Morgan fingerprint density at radius 3 is 1.33 bits per heavy atom. The number of nitriles is 2. The van der Waals surface area contributed by atoms with Crippen molar-refractivity contribution in [2.24, 2.45) is 0 Å². The van der Waals surface area contributed by atoms with E-state index in [1.807, 2.05) is 12.1 Å². The number of allylic oxidation sites excluding steroid dienone is 2. The molecule has 0 fully saturated rings. The first-order chi connectivity index (χ1) is 11.4. The van der Waals surface area contributed by atoms with Crippen molar-refractivity contribution in [3.8, 4) is 35.1 Å². The van der Waals surface area contributed by atoms with E-state index in [2.05, 4.69) is 0 Å². The lowest BCUT2D eigenvalue weighted by Gasteiger charge is -2.02. The highest BCUT2D eigenvalue weighted by Crippen LogP contribution is 2.28. The second kappa shape index (κ2) is 6.91. The predicted molar refractivity (Wildman–Crippen MR) is 86.7 cm³/mol. The van der Waals surface area contributed by atoms with Crippen molar-refractivity contribution in [3.05, 3.63) is 58.7 Å². The summed E-state index contributed by atoms with van der Waals surface area (Å²) in [6.07, 6.45) is 2.77. The quantitative estimate of drug-likeness (QED) is 0.391. The highest BCUT2D eigenvalue weighted by atomic mass is 16.3. The summed E-state index contributed by atoms with van der Waals surface area (Å²) in [7, 11) is 0. The Bertz CT molecular complexity index is 854. The molecule has 0 radical (unpaired) electrons. The molecule has 0 bridgehead atoms. The minimum absolute atomic E-state index is 0.0372. The van der Waals surface area contributed by atoms with Gasteiger partial charge < -0.3 is 20.4 Å². The Balaban J connectivity index is 2.46. The molecule has 0 aliphatic heterocycles. The van der Waals surface area contributed by atoms with Gasteiger partial charge in [-0.05, 0) is 47.5 Å². The number of rotatable bonds is 3. The van der Waals surface area contributed by atoms with Crippen LogP contribution in [0.4, 0.5) is 0 Å². The number of nitrogens with zero attached hydrogens (tertiary/aromatic N) is 2. The standard InChI is InChI=1S/C18H12N2O4/c19-9-13(5-11-1-3-15(21)17(23)7-11)14(10-20)6-12-2-4-16(22)18(24)8-12/h1-8,21-24H. The van der Waals surface area contributed by atoms with E-state index in [9.17, 15) is 30.9 Å². The van der Waals surface area contributed by atoms with Gasteiger partial charge in [0.2, 0.25) is 0 Å². The predicted octanol–water partition coefficient (Wildman–Crippen LogP) is 3.02. The molecule has 2 rings (SSSR count). The monoisotopic (exact) mass is 320 g/mol. The van der Waals surface area contributed by atoms with E-state index >= 15 is 0 Å². The van der Waals surface area contributed by atoms with Gasteiger partial charge in [0, 0.05) is 0 Å². The summed E-state index contributed by atoms with van der Waals surface area (Å²) in [6, 6.07) is 11.8. The van der Waals surface area contributed by atoms with E-state index in [0.717, 1.165) is 0 Å². The average Bonchev–Trinajstić information content (AvgIpc) is 2.57. The summed E-state index contributed by atoms with van der Waals surface area (Å²) in [5.74, 6) is -1.26. The zero-order chi connectivity index (χ0) is 17.7. The fourth-order valence-corrected chi connectivity index (χ4v) is 1.93. The van der Waals surface area contributed by atoms with E-state index < -0.39 is 0 Å². The van der Waals surface area contributed by atoms with Gasteiger partial charge in [0.15, 0.2) is 23.0 Å². The molecule has 0 saturated carbocycles. The first-order valence-electron chi connectivity index (χ1n) is 6.72. The Hall–Kier alpha value is -3.90. The summed E-state index contributed by atoms with van der Waals surface area (Å²) < 4.78 is 0. The second-order valence-electron chi connectivity index (χ2n) is 4.84. The van der Waals surface area contributed by atoms with Crippen molar-refractivity contribution in [2.45, 2.75) is 0 Å². The maximum atomic E-state index is 9.48. The van der Waals surface area contributed by atoms with Gasteiger partial charge in [0.1, 0.15) is 12.1 Å². The Morgan fingerprint density at radius 1 is 0.667 bits per heavy atom. The molecule has 0 amide bonds. The van der Waals surface area contributed by atoms with Gasteiger partial charge in [-0.15, -0.1) is 0 Å². The SMILES string of the molecule is N#CC(=Cc1ccc(O)c(O)c1)C(C#N)=Cc1ccc(O)c(O)c1. The normalized spacial score (nSPS) is 11.6. The van der Waals surface area contributed by atoms with Crippen LogP contribution in [0.3, 0.4) is 0 Å². The fourth-order valence-electron chi connectivity index (χ4n) is 1.93. The molecule has 0 saturated heterocycles. The molecule has 118 valence electrons. The van der Waals surface area contributed by atoms with Crippen LogP contribution < -0.4 is 0 Å². The summed E-state index contributed by atoms with van der Waals surface area (Å²) >= 11 is 0. The molecule has 2 aromatic carbocycles. The van der Waals surface area contributed by atoms with Crippen LogP contribution in [0.2, 0.25) is 0 Å². The zero-order valence-corrected chi connectivity index (χ0v) is 12.3. The maximum absolute atomic E-state index is 9.48. The van der Waals surface area contributed by atoms with E-state index in [1.54, 1.807) is 0 Å². The van der Waals surface area contributed by atoms with Crippen LogP contribution in [-0.4, -0.2) is 20.4 Å². The van der Waals surface area contributed by atoms with Gasteiger partial charge in [-0.1, -0.05) is 12.1 Å². The molecule has 6 heteroatoms. The van der Waals surface area contributed by atoms with Crippen LogP contribution in [0, 0.1) is 22.7 Å². The number of phenolic OH excluding ortho intramolecular Hbond substituents is 4. The lowest BCUT2D eigenvalue weighted by molar-refractivity contribution is 0.403. The minimum atomic E-state index is -0.341. The maximum Gasteiger partial charge on any atom is 0.157 e. The number of benzene rings is 2. The molecule has 2 aromatic rings. The average molecular weight is 320 g/mol. The second-order valence-corrected chi connectivity index (χ2v) is 4.84. The molecule has 0 atom stereocenters. The topological polar surface area (TPSA) is 128 Å². The van der Waals surface area contributed by atoms with E-state index in [0.29, 0.717) is 11.1 Å². The van der Waals surface area contributed by atoms with Gasteiger partial charge in [0.05, 0.1) is 11.1 Å². The third kappa shape index (κ3) is 3.65. The third-order valence-corrected chi connectivity index (χ3v) is 3.15. The van der Waals surface area contributed by atoms with Gasteiger partial charge in [0.25, 0.3) is 0 Å². The van der Waals surface area contributed by atoms with Crippen molar-refractivity contribution >= 4 is 12.2 Å². The number of phenols is 4. The first-order valence-corrected chi connectivity index (χ1v) is 6.72. The van der Waals surface area contributed by atoms with Crippen molar-refractivity contribution in [1.82, 2.24) is 0 Å². The highest BCUT2D eigenvalue weighted by molar-refractivity contribution is 5.75. The molecule has 0 spiro atoms. The lowest BCUT2D eigenvalue weighted by Crippen LogP contribution is -1.86. The zero-order valence-electron chi connectivity index (χ0n) is 12.3. The smallest absolute Gasteiger partial charge is 0.157 e. The third-order valence-electron chi connectivity index (χ3n) is 3.15. The Kier molecular flexibility index (Phi) is 4.74. The summed E-state index contributed by atoms with van der Waals surface area (Å²) in [4.78, 5) is 0. The van der Waals surface area contributed by atoms with Crippen molar-refractivity contribution in [1.29, 1.82) is 10.5 Å². The van der Waals surface area contributed by atoms with Crippen molar-refractivity contribution in [2.75, 3.05) is 0 Å². The van der Waals surface area contributed by atoms with E-state index in [-0.39, 0.29) is 34.1 Å². The number of aromatic hydroxyl groups is 4. The summed E-state index contributed by atoms with van der Waals surface area (Å²) in [5.41, 5.74) is 0.929. The first kappa shape index (κ1) is 16.5. The van der Waals surface area contributed by atoms with E-state index in [1.165, 1.54) is 48.6 Å². The Labute approximate surface area is 137 Å². The summed E-state index contributed by atoms with van der Waals surface area (Å²) in [6.45, 7) is 0. The highest BCUT2D eigenvalue weighted by Gasteiger charge is 2.07. The fraction of sp³-hybridized carbons (Fsp3) is 0. The Morgan fingerprint density at radius 2 is 1.04 bits per heavy atom. The summed E-state index contributed by atoms with van der Waals surface area (Å²) in [5, 5.41) is 56.1. The molecule has 6 nitrogen and oxygen atoms in total. The number of hydrogen-bond donors (Lipinski definition) is 4. The largest absolute Gasteiger partial charge is 0.504 e. The van der Waals surface area contributed by atoms with Crippen LogP contribution in [0.1, 0.15) is 11.1 Å². The molecule has 0 aliphatic carbocycles. The lowest BCUT2D eigenvalue weighted by atomic mass is 10.0. The molecule has 0 heterocycles. The molecule has 24 heavy (non-hydrogen) atoms. The van der Waals surface area contributed by atoms with Crippen LogP contribution in [0.25, 0.3) is 12.2 Å². The van der Waals surface area contributed by atoms with Crippen LogP contribution in [-0.2, 0) is 0 Å². The molecule has 0 aliphatic rings. The van der Waals surface area contributed by atoms with Gasteiger partial charge in [-0.3, -0.25) is 0 Å². The van der Waals surface area contributed by atoms with Crippen LogP contribution >= 0.6 is 0 Å². The van der Waals surface area contributed by atoms with Crippen LogP contribution in [0.5, 0.6) is 23.0 Å². The number of hydrogen-bond acceptors (Lipinski definition) is 6. The molecule has 0 unspecified atom stereocenters. The van der Waals surface area contributed by atoms with Gasteiger partial charge >= 0.3 is 0 Å².